The van der Waals surface area contributed by atoms with Crippen LogP contribution in [0.1, 0.15) is 113 Å². The SMILES string of the molecule is CC1(C)CC[C@]2(C(=O)O[C@@H]3OC[C@H](O)[C@H](O)[C@H]3O)CC[C@]3(C)C(=CC[C@@H]4[C@@]5(C)CC[C@H](O[C@@H]6OC[C@H](O)[C@H](O)[C@H]6O)C(C)(C)[C@@H]5CC[C@]43C)[C@@H]2C1. The number of carbonyl (C=O) groups is 1. The molecular weight excluding hydrogens is 656 g/mol. The second kappa shape index (κ2) is 12.7. The molecule has 290 valence electrons. The molecule has 0 aromatic carbocycles. The zero-order valence-corrected chi connectivity index (χ0v) is 31.7. The van der Waals surface area contributed by atoms with Gasteiger partial charge in [0.2, 0.25) is 6.29 Å². The Bertz CT molecular complexity index is 1380. The van der Waals surface area contributed by atoms with Crippen molar-refractivity contribution in [3.05, 3.63) is 11.6 Å². The van der Waals surface area contributed by atoms with E-state index in [-0.39, 0.29) is 58.3 Å². The van der Waals surface area contributed by atoms with E-state index in [0.717, 1.165) is 51.4 Å². The Kier molecular flexibility index (Phi) is 9.50. The van der Waals surface area contributed by atoms with Crippen molar-refractivity contribution in [3.63, 3.8) is 0 Å². The molecule has 0 aromatic heterocycles. The standard InChI is InChI=1S/C40H64O11/c1-35(2)14-16-40(34(47)51-33-31(46)29(44)24(42)20-49-33)17-15-38(6)21(22(40)18-35)8-9-26-37(5)12-11-27(36(3,4)25(37)10-13-39(26,38)7)50-32-30(45)28(43)23(41)19-48-32/h8,22-33,41-46H,9-20H2,1-7H3/t22-,23-,24-,25-,26+,27-,28-,29-,30+,31+,32-,33-,37-,38+,39+,40-/m0/s1. The maximum Gasteiger partial charge on any atom is 0.315 e. The summed E-state index contributed by atoms with van der Waals surface area (Å²) in [5, 5.41) is 61.9. The van der Waals surface area contributed by atoms with Crippen LogP contribution in [0.4, 0.5) is 0 Å². The molecule has 0 spiro atoms. The quantitative estimate of drug-likeness (QED) is 0.142. The molecule has 11 nitrogen and oxygen atoms in total. The minimum Gasteiger partial charge on any atom is -0.432 e. The Hall–Kier alpha value is -1.15. The molecule has 2 heterocycles. The van der Waals surface area contributed by atoms with E-state index in [1.807, 2.05) is 0 Å². The molecule has 6 fully saturated rings. The van der Waals surface area contributed by atoms with E-state index in [1.54, 1.807) is 0 Å². The van der Waals surface area contributed by atoms with Gasteiger partial charge in [0.15, 0.2) is 6.29 Å². The van der Waals surface area contributed by atoms with E-state index >= 15 is 0 Å². The van der Waals surface area contributed by atoms with E-state index in [4.69, 9.17) is 18.9 Å². The van der Waals surface area contributed by atoms with Gasteiger partial charge in [0.05, 0.1) is 24.7 Å². The van der Waals surface area contributed by atoms with Gasteiger partial charge in [-0.05, 0) is 109 Å². The first-order valence-corrected chi connectivity index (χ1v) is 19.6. The average Bonchev–Trinajstić information content (AvgIpc) is 3.06. The minimum atomic E-state index is -1.52. The fourth-order valence-corrected chi connectivity index (χ4v) is 13.0. The second-order valence-electron chi connectivity index (χ2n) is 19.8. The predicted molar refractivity (Wildman–Crippen MR) is 186 cm³/mol. The molecule has 0 radical (unpaired) electrons. The fraction of sp³-hybridized carbons (Fsp3) is 0.925. The molecule has 0 amide bonds. The minimum absolute atomic E-state index is 0.00436. The lowest BCUT2D eigenvalue weighted by molar-refractivity contribution is -0.308. The lowest BCUT2D eigenvalue weighted by atomic mass is 9.33. The lowest BCUT2D eigenvalue weighted by Gasteiger charge is -2.71. The highest BCUT2D eigenvalue weighted by atomic mass is 16.7. The molecule has 51 heavy (non-hydrogen) atoms. The first-order chi connectivity index (χ1) is 23.7. The number of aliphatic hydroxyl groups is 6. The van der Waals surface area contributed by atoms with Crippen molar-refractivity contribution >= 4 is 5.97 Å². The highest BCUT2D eigenvalue weighted by molar-refractivity contribution is 5.79. The summed E-state index contributed by atoms with van der Waals surface area (Å²) in [4.78, 5) is 14.4. The number of rotatable bonds is 4. The first-order valence-electron chi connectivity index (χ1n) is 19.6. The highest BCUT2D eigenvalue weighted by Gasteiger charge is 2.70. The summed E-state index contributed by atoms with van der Waals surface area (Å²) in [6.07, 6.45) is 0.832. The molecule has 6 N–H and O–H groups in total. The number of hydrogen-bond donors (Lipinski definition) is 6. The number of esters is 1. The van der Waals surface area contributed by atoms with Gasteiger partial charge >= 0.3 is 5.97 Å². The van der Waals surface area contributed by atoms with Crippen molar-refractivity contribution in [2.45, 2.75) is 168 Å². The van der Waals surface area contributed by atoms with Crippen LogP contribution >= 0.6 is 0 Å². The van der Waals surface area contributed by atoms with Crippen LogP contribution in [-0.4, -0.2) is 105 Å². The molecule has 0 unspecified atom stereocenters. The van der Waals surface area contributed by atoms with E-state index < -0.39 is 54.6 Å². The van der Waals surface area contributed by atoms with Gasteiger partial charge in [-0.25, -0.2) is 0 Å². The Labute approximate surface area is 303 Å². The number of carbonyl (C=O) groups excluding carboxylic acids is 1. The van der Waals surface area contributed by atoms with Crippen molar-refractivity contribution < 1.29 is 54.4 Å². The highest BCUT2D eigenvalue weighted by Crippen LogP contribution is 2.76. The third-order valence-corrected chi connectivity index (χ3v) is 16.4. The number of allylic oxidation sites excluding steroid dienone is 2. The molecule has 0 bridgehead atoms. The number of ether oxygens (including phenoxy) is 4. The third-order valence-electron chi connectivity index (χ3n) is 16.4. The predicted octanol–water partition coefficient (Wildman–Crippen LogP) is 3.59. The van der Waals surface area contributed by atoms with Crippen LogP contribution in [0.3, 0.4) is 0 Å². The Balaban J connectivity index is 1.16. The topological polar surface area (TPSA) is 175 Å². The summed E-state index contributed by atoms with van der Waals surface area (Å²) in [6, 6.07) is 0. The molecule has 4 saturated carbocycles. The molecule has 0 aromatic rings. The van der Waals surface area contributed by atoms with Crippen molar-refractivity contribution in [2.75, 3.05) is 13.2 Å². The van der Waals surface area contributed by atoms with Crippen molar-refractivity contribution in [1.29, 1.82) is 0 Å². The summed E-state index contributed by atoms with van der Waals surface area (Å²) in [5.41, 5.74) is 0.363. The van der Waals surface area contributed by atoms with Gasteiger partial charge in [-0.1, -0.05) is 60.1 Å². The van der Waals surface area contributed by atoms with E-state index in [2.05, 4.69) is 54.5 Å². The summed E-state index contributed by atoms with van der Waals surface area (Å²) >= 11 is 0. The monoisotopic (exact) mass is 720 g/mol. The van der Waals surface area contributed by atoms with Gasteiger partial charge in [-0.15, -0.1) is 0 Å². The van der Waals surface area contributed by atoms with Crippen LogP contribution in [0.25, 0.3) is 0 Å². The molecule has 2 aliphatic heterocycles. The second-order valence-corrected chi connectivity index (χ2v) is 19.8. The summed E-state index contributed by atoms with van der Waals surface area (Å²) in [6.45, 7) is 16.3. The smallest absolute Gasteiger partial charge is 0.315 e. The van der Waals surface area contributed by atoms with Crippen LogP contribution in [0, 0.1) is 50.2 Å². The molecule has 7 rings (SSSR count). The summed E-state index contributed by atoms with van der Waals surface area (Å²) < 4.78 is 23.6. The van der Waals surface area contributed by atoms with E-state index in [9.17, 15) is 35.4 Å². The average molecular weight is 721 g/mol. The lowest BCUT2D eigenvalue weighted by Crippen LogP contribution is -2.66. The maximum atomic E-state index is 14.4. The summed E-state index contributed by atoms with van der Waals surface area (Å²) in [7, 11) is 0. The Morgan fingerprint density at radius 2 is 1.33 bits per heavy atom. The van der Waals surface area contributed by atoms with E-state index in [1.165, 1.54) is 5.57 Å². The first kappa shape index (κ1) is 38.1. The van der Waals surface area contributed by atoms with Crippen LogP contribution in [0.5, 0.6) is 0 Å². The van der Waals surface area contributed by atoms with Gasteiger partial charge in [0.25, 0.3) is 0 Å². The molecular formula is C40H64O11. The summed E-state index contributed by atoms with van der Waals surface area (Å²) in [5.74, 6) is 0.402. The van der Waals surface area contributed by atoms with Gasteiger partial charge in [-0.2, -0.15) is 0 Å². The number of hydrogen-bond acceptors (Lipinski definition) is 11. The normalized spacial score (nSPS) is 53.4. The van der Waals surface area contributed by atoms with Crippen molar-refractivity contribution in [3.8, 4) is 0 Å². The Morgan fingerprint density at radius 1 is 0.725 bits per heavy atom. The van der Waals surface area contributed by atoms with Crippen molar-refractivity contribution in [1.82, 2.24) is 0 Å². The van der Waals surface area contributed by atoms with Crippen LogP contribution in [0.15, 0.2) is 11.6 Å². The van der Waals surface area contributed by atoms with Gasteiger partial charge in [0.1, 0.15) is 36.6 Å². The third kappa shape index (κ3) is 5.64. The zero-order chi connectivity index (χ0) is 37.1. The molecule has 7 aliphatic rings. The van der Waals surface area contributed by atoms with Crippen molar-refractivity contribution in [2.24, 2.45) is 50.2 Å². The van der Waals surface area contributed by atoms with Gasteiger partial charge < -0.3 is 49.6 Å². The number of fused-ring (bicyclic) bond motifs is 7. The van der Waals surface area contributed by atoms with Gasteiger partial charge in [0, 0.05) is 0 Å². The van der Waals surface area contributed by atoms with Crippen LogP contribution < -0.4 is 0 Å². The molecule has 2 saturated heterocycles. The fourth-order valence-electron chi connectivity index (χ4n) is 13.0. The van der Waals surface area contributed by atoms with E-state index in [0.29, 0.717) is 24.7 Å². The molecule has 16 atom stereocenters. The molecule has 5 aliphatic carbocycles. The molecule has 11 heteroatoms. The Morgan fingerprint density at radius 3 is 2.00 bits per heavy atom. The number of aliphatic hydroxyl groups excluding tert-OH is 6. The maximum absolute atomic E-state index is 14.4. The van der Waals surface area contributed by atoms with Gasteiger partial charge in [-0.3, -0.25) is 4.79 Å². The van der Waals surface area contributed by atoms with Crippen LogP contribution in [-0.2, 0) is 23.7 Å². The largest absolute Gasteiger partial charge is 0.432 e. The van der Waals surface area contributed by atoms with Crippen LogP contribution in [0.2, 0.25) is 0 Å². The zero-order valence-electron chi connectivity index (χ0n) is 31.7.